The third-order valence-electron chi connectivity index (χ3n) is 2.62. The molecule has 0 saturated heterocycles. The van der Waals surface area contributed by atoms with E-state index in [1.165, 1.54) is 12.3 Å². The van der Waals surface area contributed by atoms with Gasteiger partial charge in [0.1, 0.15) is 11.4 Å². The minimum atomic E-state index is -1.36. The predicted octanol–water partition coefficient (Wildman–Crippen LogP) is 2.48. The molecule has 0 aliphatic carbocycles. The van der Waals surface area contributed by atoms with E-state index >= 15 is 0 Å². The van der Waals surface area contributed by atoms with Gasteiger partial charge >= 0.3 is 0 Å². The zero-order valence-electron chi connectivity index (χ0n) is 8.89. The Balaban J connectivity index is 2.51. The minimum Gasteiger partial charge on any atom is -0.381 e. The second-order valence-electron chi connectivity index (χ2n) is 3.79. The lowest BCUT2D eigenvalue weighted by Gasteiger charge is -2.24. The van der Waals surface area contributed by atoms with E-state index in [1.54, 1.807) is 43.5 Å². The van der Waals surface area contributed by atoms with Crippen LogP contribution in [0.4, 0.5) is 4.39 Å². The van der Waals surface area contributed by atoms with Crippen LogP contribution in [0.5, 0.6) is 0 Å². The van der Waals surface area contributed by atoms with Crippen molar-refractivity contribution >= 4 is 0 Å². The maximum absolute atomic E-state index is 13.6. The first-order valence-electron chi connectivity index (χ1n) is 5.00. The van der Waals surface area contributed by atoms with Crippen LogP contribution in [0.25, 0.3) is 0 Å². The van der Waals surface area contributed by atoms with Gasteiger partial charge in [0.05, 0.1) is 0 Å². The van der Waals surface area contributed by atoms with Crippen molar-refractivity contribution in [2.75, 3.05) is 0 Å². The van der Waals surface area contributed by atoms with E-state index in [-0.39, 0.29) is 5.56 Å². The number of halogens is 1. The molecule has 0 saturated carbocycles. The molecule has 82 valence electrons. The molecule has 1 atom stereocenters. The van der Waals surface area contributed by atoms with Gasteiger partial charge in [0.25, 0.3) is 0 Å². The van der Waals surface area contributed by atoms with Gasteiger partial charge in [-0.3, -0.25) is 4.98 Å². The molecule has 0 aliphatic rings. The van der Waals surface area contributed by atoms with E-state index in [2.05, 4.69) is 4.98 Å². The van der Waals surface area contributed by atoms with Gasteiger partial charge in [-0.2, -0.15) is 0 Å². The van der Waals surface area contributed by atoms with Crippen molar-refractivity contribution < 1.29 is 9.50 Å². The van der Waals surface area contributed by atoms with Gasteiger partial charge in [-0.15, -0.1) is 0 Å². The number of hydrogen-bond donors (Lipinski definition) is 1. The largest absolute Gasteiger partial charge is 0.381 e. The lowest BCUT2D eigenvalue weighted by atomic mass is 9.89. The summed E-state index contributed by atoms with van der Waals surface area (Å²) in [6, 6.07) is 9.63. The molecule has 2 nitrogen and oxygen atoms in total. The van der Waals surface area contributed by atoms with Gasteiger partial charge in [-0.05, 0) is 19.1 Å². The number of rotatable bonds is 2. The minimum absolute atomic E-state index is 0.253. The SMILES string of the molecule is CC(O)(c1cccnc1)c1ccccc1F. The molecule has 2 aromatic rings. The molecule has 1 unspecified atom stereocenters. The molecular weight excluding hydrogens is 205 g/mol. The predicted molar refractivity (Wildman–Crippen MR) is 59.3 cm³/mol. The Bertz CT molecular complexity index is 482. The molecule has 1 heterocycles. The van der Waals surface area contributed by atoms with Crippen LogP contribution in [-0.4, -0.2) is 10.1 Å². The van der Waals surface area contributed by atoms with Crippen molar-refractivity contribution in [2.24, 2.45) is 0 Å². The summed E-state index contributed by atoms with van der Waals surface area (Å²) in [5, 5.41) is 10.4. The molecule has 16 heavy (non-hydrogen) atoms. The zero-order valence-corrected chi connectivity index (χ0v) is 8.89. The quantitative estimate of drug-likeness (QED) is 0.838. The van der Waals surface area contributed by atoms with E-state index < -0.39 is 11.4 Å². The number of nitrogens with zero attached hydrogens (tertiary/aromatic N) is 1. The average molecular weight is 217 g/mol. The first-order chi connectivity index (χ1) is 7.62. The Morgan fingerprint density at radius 2 is 1.94 bits per heavy atom. The van der Waals surface area contributed by atoms with Crippen LogP contribution >= 0.6 is 0 Å². The second-order valence-corrected chi connectivity index (χ2v) is 3.79. The highest BCUT2D eigenvalue weighted by Gasteiger charge is 2.28. The molecule has 3 heteroatoms. The second kappa shape index (κ2) is 4.02. The highest BCUT2D eigenvalue weighted by atomic mass is 19.1. The third-order valence-corrected chi connectivity index (χ3v) is 2.62. The highest BCUT2D eigenvalue weighted by Crippen LogP contribution is 2.29. The molecule has 2 rings (SSSR count). The van der Waals surface area contributed by atoms with Crippen LogP contribution in [0.15, 0.2) is 48.8 Å². The van der Waals surface area contributed by atoms with Gasteiger partial charge in [0, 0.05) is 23.5 Å². The number of hydrogen-bond acceptors (Lipinski definition) is 2. The molecule has 0 bridgehead atoms. The van der Waals surface area contributed by atoms with E-state index in [0.717, 1.165) is 0 Å². The fourth-order valence-electron chi connectivity index (χ4n) is 1.66. The average Bonchev–Trinajstić information content (AvgIpc) is 2.30. The summed E-state index contributed by atoms with van der Waals surface area (Å²) in [6.07, 6.45) is 3.15. The summed E-state index contributed by atoms with van der Waals surface area (Å²) >= 11 is 0. The Kier molecular flexibility index (Phi) is 2.71. The van der Waals surface area contributed by atoms with Crippen molar-refractivity contribution in [1.29, 1.82) is 0 Å². The fourth-order valence-corrected chi connectivity index (χ4v) is 1.66. The lowest BCUT2D eigenvalue weighted by Crippen LogP contribution is -2.24. The van der Waals surface area contributed by atoms with Crippen LogP contribution in [0, 0.1) is 5.82 Å². The van der Waals surface area contributed by atoms with Gasteiger partial charge in [0.2, 0.25) is 0 Å². The summed E-state index contributed by atoms with van der Waals surface area (Å²) in [7, 11) is 0. The van der Waals surface area contributed by atoms with Crippen molar-refractivity contribution in [3.05, 3.63) is 65.7 Å². The van der Waals surface area contributed by atoms with E-state index in [1.807, 2.05) is 0 Å². The van der Waals surface area contributed by atoms with Gasteiger partial charge < -0.3 is 5.11 Å². The van der Waals surface area contributed by atoms with Crippen LogP contribution in [-0.2, 0) is 5.60 Å². The zero-order chi connectivity index (χ0) is 11.6. The summed E-state index contributed by atoms with van der Waals surface area (Å²) in [6.45, 7) is 1.56. The summed E-state index contributed by atoms with van der Waals surface area (Å²) in [5.74, 6) is -0.420. The van der Waals surface area contributed by atoms with Crippen LogP contribution in [0.3, 0.4) is 0 Å². The molecule has 0 spiro atoms. The Morgan fingerprint density at radius 1 is 1.19 bits per heavy atom. The van der Waals surface area contributed by atoms with E-state index in [4.69, 9.17) is 0 Å². The number of pyridine rings is 1. The summed E-state index contributed by atoms with van der Waals surface area (Å²) in [4.78, 5) is 3.92. The van der Waals surface area contributed by atoms with Crippen molar-refractivity contribution in [3.63, 3.8) is 0 Å². The Hall–Kier alpha value is -1.74. The number of aromatic nitrogens is 1. The van der Waals surface area contributed by atoms with Crippen LogP contribution in [0.1, 0.15) is 18.1 Å². The number of benzene rings is 1. The van der Waals surface area contributed by atoms with Gasteiger partial charge in [-0.25, -0.2) is 4.39 Å². The molecule has 0 fully saturated rings. The van der Waals surface area contributed by atoms with Crippen LogP contribution < -0.4 is 0 Å². The summed E-state index contributed by atoms with van der Waals surface area (Å²) < 4.78 is 13.6. The van der Waals surface area contributed by atoms with Gasteiger partial charge in [0.15, 0.2) is 0 Å². The first kappa shape index (κ1) is 10.8. The molecule has 1 aromatic carbocycles. The monoisotopic (exact) mass is 217 g/mol. The van der Waals surface area contributed by atoms with Gasteiger partial charge in [-0.1, -0.05) is 24.3 Å². The topological polar surface area (TPSA) is 33.1 Å². The summed E-state index contributed by atoms with van der Waals surface area (Å²) in [5.41, 5.74) is -0.539. The standard InChI is InChI=1S/C13H12FNO/c1-13(16,10-5-4-8-15-9-10)11-6-2-3-7-12(11)14/h2-9,16H,1H3. The van der Waals surface area contributed by atoms with Crippen molar-refractivity contribution in [2.45, 2.75) is 12.5 Å². The van der Waals surface area contributed by atoms with E-state index in [9.17, 15) is 9.50 Å². The maximum Gasteiger partial charge on any atom is 0.129 e. The number of aliphatic hydroxyl groups is 1. The van der Waals surface area contributed by atoms with E-state index in [0.29, 0.717) is 5.56 Å². The first-order valence-corrected chi connectivity index (χ1v) is 5.00. The molecular formula is C13H12FNO. The molecule has 0 radical (unpaired) electrons. The van der Waals surface area contributed by atoms with Crippen LogP contribution in [0.2, 0.25) is 0 Å². The maximum atomic E-state index is 13.6. The Labute approximate surface area is 93.4 Å². The smallest absolute Gasteiger partial charge is 0.129 e. The lowest BCUT2D eigenvalue weighted by molar-refractivity contribution is 0.0976. The molecule has 1 N–H and O–H groups in total. The third kappa shape index (κ3) is 1.82. The molecule has 1 aromatic heterocycles. The highest BCUT2D eigenvalue weighted by molar-refractivity contribution is 5.34. The van der Waals surface area contributed by atoms with Crippen molar-refractivity contribution in [3.8, 4) is 0 Å². The van der Waals surface area contributed by atoms with Crippen molar-refractivity contribution in [1.82, 2.24) is 4.98 Å². The Morgan fingerprint density at radius 3 is 2.56 bits per heavy atom. The molecule has 0 amide bonds. The molecule has 0 aliphatic heterocycles. The normalized spacial score (nSPS) is 14.4. The fraction of sp³-hybridized carbons (Fsp3) is 0.154.